The highest BCUT2D eigenvalue weighted by molar-refractivity contribution is 9.10. The average molecular weight is 342 g/mol. The average Bonchev–Trinajstić information content (AvgIpc) is 2.40. The van der Waals surface area contributed by atoms with Gasteiger partial charge in [0, 0.05) is 11.8 Å². The number of thioether (sulfide) groups is 1. The van der Waals surface area contributed by atoms with Crippen molar-refractivity contribution in [2.24, 2.45) is 0 Å². The topological polar surface area (TPSA) is 43.1 Å². The molecule has 0 aliphatic rings. The molecule has 0 saturated heterocycles. The van der Waals surface area contributed by atoms with Gasteiger partial charge in [0.15, 0.2) is 0 Å². The van der Waals surface area contributed by atoms with Crippen molar-refractivity contribution in [3.05, 3.63) is 68.4 Å². The molecule has 6 heteroatoms. The van der Waals surface area contributed by atoms with Crippen LogP contribution in [0.5, 0.6) is 0 Å². The summed E-state index contributed by atoms with van der Waals surface area (Å²) >= 11 is 4.48. The fourth-order valence-electron chi connectivity index (χ4n) is 1.52. The van der Waals surface area contributed by atoms with E-state index in [4.69, 9.17) is 0 Å². The summed E-state index contributed by atoms with van der Waals surface area (Å²) in [6, 6.07) is 11.3. The lowest BCUT2D eigenvalue weighted by molar-refractivity contribution is -0.387. The van der Waals surface area contributed by atoms with Gasteiger partial charge in [-0.05, 0) is 39.7 Å². The summed E-state index contributed by atoms with van der Waals surface area (Å²) in [5.74, 6) is 0.225. The fourth-order valence-corrected chi connectivity index (χ4v) is 2.91. The predicted molar refractivity (Wildman–Crippen MR) is 76.8 cm³/mol. The van der Waals surface area contributed by atoms with Crippen molar-refractivity contribution in [1.29, 1.82) is 0 Å². The van der Waals surface area contributed by atoms with E-state index in [9.17, 15) is 14.5 Å². The molecule has 0 amide bonds. The van der Waals surface area contributed by atoms with E-state index in [1.165, 1.54) is 23.9 Å². The molecule has 0 N–H and O–H groups in total. The Kier molecular flexibility index (Phi) is 4.55. The van der Waals surface area contributed by atoms with Gasteiger partial charge in [-0.25, -0.2) is 4.39 Å². The second-order valence-corrected chi connectivity index (χ2v) is 5.63. The van der Waals surface area contributed by atoms with Crippen molar-refractivity contribution in [2.75, 3.05) is 0 Å². The first-order valence-electron chi connectivity index (χ1n) is 5.38. The zero-order chi connectivity index (χ0) is 13.8. The van der Waals surface area contributed by atoms with Crippen molar-refractivity contribution in [2.45, 2.75) is 10.6 Å². The smallest absolute Gasteiger partial charge is 0.258 e. The van der Waals surface area contributed by atoms with Crippen LogP contribution in [0.3, 0.4) is 0 Å². The summed E-state index contributed by atoms with van der Waals surface area (Å²) in [6.07, 6.45) is 0. The van der Waals surface area contributed by atoms with Crippen LogP contribution in [0.4, 0.5) is 10.1 Å². The molecular formula is C13H9BrFNO2S. The summed E-state index contributed by atoms with van der Waals surface area (Å²) in [4.78, 5) is 11.1. The van der Waals surface area contributed by atoms with Gasteiger partial charge in [0.1, 0.15) is 5.82 Å². The minimum Gasteiger partial charge on any atom is -0.258 e. The lowest BCUT2D eigenvalue weighted by Crippen LogP contribution is -1.91. The summed E-state index contributed by atoms with van der Waals surface area (Å²) in [5.41, 5.74) is 0.991. The Bertz CT molecular complexity index is 621. The molecule has 0 aromatic heterocycles. The largest absolute Gasteiger partial charge is 0.282 e. The first-order chi connectivity index (χ1) is 9.08. The molecular weight excluding hydrogens is 333 g/mol. The lowest BCUT2D eigenvalue weighted by atomic mass is 10.2. The minimum absolute atomic E-state index is 0.0914. The zero-order valence-corrected chi connectivity index (χ0v) is 12.1. The van der Waals surface area contributed by atoms with Crippen molar-refractivity contribution in [3.8, 4) is 0 Å². The third-order valence-electron chi connectivity index (χ3n) is 2.44. The lowest BCUT2D eigenvalue weighted by Gasteiger charge is -2.04. The normalized spacial score (nSPS) is 10.4. The van der Waals surface area contributed by atoms with Crippen LogP contribution >= 0.6 is 27.7 Å². The van der Waals surface area contributed by atoms with Gasteiger partial charge in [0.05, 0.1) is 14.3 Å². The SMILES string of the molecule is O=[N+]([O-])c1ccccc1SCc1ccc(F)c(Br)c1. The van der Waals surface area contributed by atoms with Crippen LogP contribution in [0, 0.1) is 15.9 Å². The minimum atomic E-state index is -0.400. The monoisotopic (exact) mass is 341 g/mol. The number of benzene rings is 2. The first-order valence-corrected chi connectivity index (χ1v) is 7.16. The van der Waals surface area contributed by atoms with Crippen LogP contribution in [-0.4, -0.2) is 4.92 Å². The number of nitro groups is 1. The maximum atomic E-state index is 13.1. The highest BCUT2D eigenvalue weighted by atomic mass is 79.9. The summed E-state index contributed by atoms with van der Waals surface area (Å²) < 4.78 is 13.5. The van der Waals surface area contributed by atoms with Gasteiger partial charge in [0.25, 0.3) is 5.69 Å². The molecule has 2 rings (SSSR count). The first kappa shape index (κ1) is 14.0. The third kappa shape index (κ3) is 3.54. The van der Waals surface area contributed by atoms with Gasteiger partial charge in [-0.15, -0.1) is 11.8 Å². The molecule has 0 fully saturated rings. The molecule has 0 bridgehead atoms. The Morgan fingerprint density at radius 1 is 1.26 bits per heavy atom. The molecule has 0 radical (unpaired) electrons. The Morgan fingerprint density at radius 3 is 2.68 bits per heavy atom. The molecule has 0 unspecified atom stereocenters. The van der Waals surface area contributed by atoms with E-state index in [0.717, 1.165) is 5.56 Å². The second-order valence-electron chi connectivity index (χ2n) is 3.76. The number of halogens is 2. The number of nitro benzene ring substituents is 1. The predicted octanol–water partition coefficient (Wildman–Crippen LogP) is 4.79. The molecule has 98 valence electrons. The van der Waals surface area contributed by atoms with Crippen LogP contribution in [0.2, 0.25) is 0 Å². The van der Waals surface area contributed by atoms with E-state index in [1.54, 1.807) is 30.3 Å². The van der Waals surface area contributed by atoms with Gasteiger partial charge in [-0.1, -0.05) is 18.2 Å². The van der Waals surface area contributed by atoms with Crippen molar-refractivity contribution in [3.63, 3.8) is 0 Å². The second kappa shape index (κ2) is 6.16. The van der Waals surface area contributed by atoms with E-state index >= 15 is 0 Å². The van der Waals surface area contributed by atoms with Gasteiger partial charge in [-0.3, -0.25) is 10.1 Å². The van der Waals surface area contributed by atoms with Gasteiger partial charge in [0.2, 0.25) is 0 Å². The van der Waals surface area contributed by atoms with E-state index in [0.29, 0.717) is 15.1 Å². The van der Waals surface area contributed by atoms with Gasteiger partial charge >= 0.3 is 0 Å². The Balaban J connectivity index is 2.14. The van der Waals surface area contributed by atoms with E-state index in [1.807, 2.05) is 0 Å². The van der Waals surface area contributed by atoms with Gasteiger partial charge < -0.3 is 0 Å². The number of hydrogen-bond donors (Lipinski definition) is 0. The molecule has 2 aromatic carbocycles. The molecule has 2 aromatic rings. The van der Waals surface area contributed by atoms with Crippen LogP contribution in [-0.2, 0) is 5.75 Å². The number of para-hydroxylation sites is 1. The van der Waals surface area contributed by atoms with Gasteiger partial charge in [-0.2, -0.15) is 0 Å². The van der Waals surface area contributed by atoms with E-state index in [-0.39, 0.29) is 11.5 Å². The number of hydrogen-bond acceptors (Lipinski definition) is 3. The summed E-state index contributed by atoms with van der Waals surface area (Å²) in [5, 5.41) is 10.9. The number of nitrogens with zero attached hydrogens (tertiary/aromatic N) is 1. The van der Waals surface area contributed by atoms with Crippen LogP contribution < -0.4 is 0 Å². The number of rotatable bonds is 4. The molecule has 0 aliphatic heterocycles. The fraction of sp³-hybridized carbons (Fsp3) is 0.0769. The summed E-state index contributed by atoms with van der Waals surface area (Å²) in [7, 11) is 0. The van der Waals surface area contributed by atoms with Crippen molar-refractivity contribution < 1.29 is 9.31 Å². The molecule has 19 heavy (non-hydrogen) atoms. The third-order valence-corrected chi connectivity index (χ3v) is 4.18. The Hall–Kier alpha value is -1.40. The molecule has 0 aliphatic carbocycles. The highest BCUT2D eigenvalue weighted by Crippen LogP contribution is 2.31. The van der Waals surface area contributed by atoms with Crippen molar-refractivity contribution in [1.82, 2.24) is 0 Å². The molecule has 0 heterocycles. The van der Waals surface area contributed by atoms with Crippen LogP contribution in [0.25, 0.3) is 0 Å². The zero-order valence-electron chi connectivity index (χ0n) is 9.68. The van der Waals surface area contributed by atoms with E-state index in [2.05, 4.69) is 15.9 Å². The van der Waals surface area contributed by atoms with E-state index < -0.39 is 4.92 Å². The standard InChI is InChI=1S/C13H9BrFNO2S/c14-10-7-9(5-6-11(10)15)8-19-13-4-2-1-3-12(13)16(17)18/h1-7H,8H2. The Morgan fingerprint density at radius 2 is 2.00 bits per heavy atom. The maximum absolute atomic E-state index is 13.1. The van der Waals surface area contributed by atoms with Crippen LogP contribution in [0.1, 0.15) is 5.56 Å². The molecule has 0 spiro atoms. The molecule has 0 saturated carbocycles. The Labute approximate surface area is 122 Å². The molecule has 0 atom stereocenters. The van der Waals surface area contributed by atoms with Crippen molar-refractivity contribution >= 4 is 33.4 Å². The summed E-state index contributed by atoms with van der Waals surface area (Å²) in [6.45, 7) is 0. The van der Waals surface area contributed by atoms with Crippen LogP contribution in [0.15, 0.2) is 51.8 Å². The maximum Gasteiger partial charge on any atom is 0.282 e. The highest BCUT2D eigenvalue weighted by Gasteiger charge is 2.12. The quantitative estimate of drug-likeness (QED) is 0.456. The molecule has 3 nitrogen and oxygen atoms in total.